The van der Waals surface area contributed by atoms with Crippen LogP contribution in [0.5, 0.6) is 5.75 Å². The molecular weight excluding hydrogens is 375 g/mol. The summed E-state index contributed by atoms with van der Waals surface area (Å²) in [6.07, 6.45) is 1.89. The van der Waals surface area contributed by atoms with Crippen LogP contribution in [-0.2, 0) is 30.2 Å². The summed E-state index contributed by atoms with van der Waals surface area (Å²) in [5.41, 5.74) is 1.47. The van der Waals surface area contributed by atoms with E-state index in [1.54, 1.807) is 7.05 Å². The van der Waals surface area contributed by atoms with E-state index in [4.69, 9.17) is 4.74 Å². The van der Waals surface area contributed by atoms with Gasteiger partial charge in [-0.25, -0.2) is 12.8 Å². The van der Waals surface area contributed by atoms with E-state index in [1.165, 1.54) is 22.2 Å². The smallest absolute Gasteiger partial charge is 0.272 e. The number of nitrogens with zero attached hydrogens (tertiary/aromatic N) is 3. The third kappa shape index (κ3) is 3.08. The van der Waals surface area contributed by atoms with E-state index in [2.05, 4.69) is 10.4 Å². The van der Waals surface area contributed by atoms with Gasteiger partial charge in [-0.2, -0.15) is 9.40 Å². The van der Waals surface area contributed by atoms with Crippen molar-refractivity contribution in [3.63, 3.8) is 0 Å². The van der Waals surface area contributed by atoms with Crippen LogP contribution < -0.4 is 10.1 Å². The van der Waals surface area contributed by atoms with Gasteiger partial charge in [-0.05, 0) is 31.0 Å². The molecular formula is C17H19FN4O4S. The highest BCUT2D eigenvalue weighted by Gasteiger charge is 2.38. The average molecular weight is 394 g/mol. The minimum Gasteiger partial charge on any atom is -0.495 e. The summed E-state index contributed by atoms with van der Waals surface area (Å²) in [5, 5.41) is 7.12. The Morgan fingerprint density at radius 2 is 2.07 bits per heavy atom. The van der Waals surface area contributed by atoms with Crippen LogP contribution in [0.25, 0.3) is 0 Å². The molecule has 1 aliphatic carbocycles. The van der Waals surface area contributed by atoms with Crippen LogP contribution in [0.1, 0.15) is 34.6 Å². The molecule has 0 bridgehead atoms. The number of aromatic nitrogens is 2. The lowest BCUT2D eigenvalue weighted by molar-refractivity contribution is 0.0944. The zero-order valence-electron chi connectivity index (χ0n) is 14.9. The number of ether oxygens (including phenoxy) is 1. The molecule has 1 N–H and O–H groups in total. The van der Waals surface area contributed by atoms with Gasteiger partial charge in [0.05, 0.1) is 19.3 Å². The number of halogens is 1. The molecule has 1 saturated carbocycles. The molecule has 0 atom stereocenters. The fourth-order valence-corrected chi connectivity index (χ4v) is 4.73. The molecule has 0 radical (unpaired) electrons. The summed E-state index contributed by atoms with van der Waals surface area (Å²) in [4.78, 5) is 12.2. The SMILES string of the molecule is COc1ccc(F)cc1S(=O)(=O)N1Cc2c(C(=O)NC3CC3)nn(C)c2C1. The fraction of sp³-hybridized carbons (Fsp3) is 0.412. The molecule has 2 aromatic rings. The fourth-order valence-electron chi connectivity index (χ4n) is 3.19. The molecule has 1 aromatic heterocycles. The second-order valence-electron chi connectivity index (χ2n) is 6.71. The maximum atomic E-state index is 13.7. The Bertz CT molecular complexity index is 1030. The summed E-state index contributed by atoms with van der Waals surface area (Å²) < 4.78 is 47.6. The molecule has 27 heavy (non-hydrogen) atoms. The Kier molecular flexibility index (Phi) is 4.19. The molecule has 1 amide bonds. The molecule has 144 valence electrons. The minimum atomic E-state index is -4.02. The van der Waals surface area contributed by atoms with Crippen LogP contribution in [0, 0.1) is 5.82 Å². The van der Waals surface area contributed by atoms with Crippen LogP contribution >= 0.6 is 0 Å². The number of carbonyl (C=O) groups is 1. The first-order chi connectivity index (χ1) is 12.8. The van der Waals surface area contributed by atoms with E-state index in [0.717, 1.165) is 25.0 Å². The van der Waals surface area contributed by atoms with Gasteiger partial charge in [0, 0.05) is 25.2 Å². The lowest BCUT2D eigenvalue weighted by Gasteiger charge is -2.18. The van der Waals surface area contributed by atoms with E-state index in [0.29, 0.717) is 11.3 Å². The number of fused-ring (bicyclic) bond motifs is 1. The van der Waals surface area contributed by atoms with Crippen molar-refractivity contribution >= 4 is 15.9 Å². The molecule has 0 unspecified atom stereocenters. The van der Waals surface area contributed by atoms with Crippen molar-refractivity contribution in [3.8, 4) is 5.75 Å². The molecule has 2 aliphatic rings. The van der Waals surface area contributed by atoms with E-state index in [9.17, 15) is 17.6 Å². The quantitative estimate of drug-likeness (QED) is 0.822. The number of nitrogens with one attached hydrogen (secondary N) is 1. The molecule has 1 aromatic carbocycles. The van der Waals surface area contributed by atoms with Crippen molar-refractivity contribution in [3.05, 3.63) is 41.0 Å². The van der Waals surface area contributed by atoms with Gasteiger partial charge in [0.25, 0.3) is 5.91 Å². The van der Waals surface area contributed by atoms with Crippen LogP contribution in [0.2, 0.25) is 0 Å². The second kappa shape index (κ2) is 6.31. The highest BCUT2D eigenvalue weighted by atomic mass is 32.2. The number of hydrogen-bond donors (Lipinski definition) is 1. The van der Waals surface area contributed by atoms with E-state index < -0.39 is 15.8 Å². The molecule has 2 heterocycles. The number of benzene rings is 1. The van der Waals surface area contributed by atoms with Crippen molar-refractivity contribution in [1.29, 1.82) is 0 Å². The molecule has 1 fully saturated rings. The first-order valence-electron chi connectivity index (χ1n) is 8.50. The minimum absolute atomic E-state index is 0.00139. The van der Waals surface area contributed by atoms with Crippen LogP contribution in [0.15, 0.2) is 23.1 Å². The van der Waals surface area contributed by atoms with Gasteiger partial charge in [0.1, 0.15) is 16.5 Å². The standard InChI is InChI=1S/C17H19FN4O4S/c1-21-13-9-22(8-12(13)16(20-21)17(23)19-11-4-5-11)27(24,25)15-7-10(18)3-6-14(15)26-2/h3,6-7,11H,4-5,8-9H2,1-2H3,(H,19,23). The zero-order valence-corrected chi connectivity index (χ0v) is 15.7. The largest absolute Gasteiger partial charge is 0.495 e. The number of rotatable bonds is 5. The number of aryl methyl sites for hydroxylation is 1. The molecule has 0 saturated heterocycles. The Hall–Kier alpha value is -2.46. The summed E-state index contributed by atoms with van der Waals surface area (Å²) in [5.74, 6) is -0.897. The van der Waals surface area contributed by atoms with Gasteiger partial charge in [-0.1, -0.05) is 0 Å². The van der Waals surface area contributed by atoms with Gasteiger partial charge in [-0.3, -0.25) is 9.48 Å². The lowest BCUT2D eigenvalue weighted by Crippen LogP contribution is -2.29. The second-order valence-corrected chi connectivity index (χ2v) is 8.62. The Balaban J connectivity index is 1.66. The van der Waals surface area contributed by atoms with Gasteiger partial charge in [0.2, 0.25) is 10.0 Å². The van der Waals surface area contributed by atoms with E-state index in [1.807, 2.05) is 0 Å². The molecule has 8 nitrogen and oxygen atoms in total. The van der Waals surface area contributed by atoms with Crippen LogP contribution in [0.3, 0.4) is 0 Å². The maximum Gasteiger partial charge on any atom is 0.272 e. The number of sulfonamides is 1. The number of methoxy groups -OCH3 is 1. The normalized spacial score (nSPS) is 17.0. The first kappa shape index (κ1) is 17.9. The number of carbonyl (C=O) groups excluding carboxylic acids is 1. The van der Waals surface area contributed by atoms with E-state index in [-0.39, 0.29) is 41.4 Å². The first-order valence-corrected chi connectivity index (χ1v) is 9.94. The Morgan fingerprint density at radius 3 is 2.74 bits per heavy atom. The van der Waals surface area contributed by atoms with Crippen molar-refractivity contribution in [2.24, 2.45) is 7.05 Å². The van der Waals surface area contributed by atoms with Crippen LogP contribution in [0.4, 0.5) is 4.39 Å². The number of amides is 1. The van der Waals surface area contributed by atoms with Crippen molar-refractivity contribution in [2.75, 3.05) is 7.11 Å². The van der Waals surface area contributed by atoms with Gasteiger partial charge in [-0.15, -0.1) is 0 Å². The van der Waals surface area contributed by atoms with Gasteiger partial charge in [0.15, 0.2) is 5.69 Å². The summed E-state index contributed by atoms with van der Waals surface area (Å²) in [6.45, 7) is 0.0517. The van der Waals surface area contributed by atoms with E-state index >= 15 is 0 Å². The average Bonchev–Trinajstić information content (AvgIpc) is 3.22. The van der Waals surface area contributed by atoms with Crippen molar-refractivity contribution in [2.45, 2.75) is 36.9 Å². The van der Waals surface area contributed by atoms with Crippen LogP contribution in [-0.4, -0.2) is 41.6 Å². The highest BCUT2D eigenvalue weighted by Crippen LogP contribution is 2.34. The van der Waals surface area contributed by atoms with Crippen molar-refractivity contribution < 1.29 is 22.3 Å². The molecule has 4 rings (SSSR count). The number of hydrogen-bond acceptors (Lipinski definition) is 5. The Labute approximate surface area is 156 Å². The van der Waals surface area contributed by atoms with Crippen molar-refractivity contribution in [1.82, 2.24) is 19.4 Å². The molecule has 1 aliphatic heterocycles. The third-order valence-corrected chi connectivity index (χ3v) is 6.62. The lowest BCUT2D eigenvalue weighted by atomic mass is 10.2. The predicted molar refractivity (Wildman–Crippen MR) is 93.1 cm³/mol. The Morgan fingerprint density at radius 1 is 1.33 bits per heavy atom. The summed E-state index contributed by atoms with van der Waals surface area (Å²) in [6, 6.07) is 3.53. The summed E-state index contributed by atoms with van der Waals surface area (Å²) >= 11 is 0. The molecule has 0 spiro atoms. The van der Waals surface area contributed by atoms with Gasteiger partial charge < -0.3 is 10.1 Å². The zero-order chi connectivity index (χ0) is 19.3. The predicted octanol–water partition coefficient (Wildman–Crippen LogP) is 1.16. The maximum absolute atomic E-state index is 13.7. The highest BCUT2D eigenvalue weighted by molar-refractivity contribution is 7.89. The molecule has 10 heteroatoms. The topological polar surface area (TPSA) is 93.5 Å². The third-order valence-electron chi connectivity index (χ3n) is 4.81. The summed E-state index contributed by atoms with van der Waals surface area (Å²) in [7, 11) is -1.02. The monoisotopic (exact) mass is 394 g/mol. The van der Waals surface area contributed by atoms with Gasteiger partial charge >= 0.3 is 0 Å².